The lowest BCUT2D eigenvalue weighted by atomic mass is 9.91. The maximum atomic E-state index is 14.3. The van der Waals surface area contributed by atoms with Gasteiger partial charge in [-0.25, -0.2) is 8.78 Å². The minimum Gasteiger partial charge on any atom is -0.490 e. The van der Waals surface area contributed by atoms with Crippen molar-refractivity contribution < 1.29 is 23.4 Å². The number of halogens is 3. The van der Waals surface area contributed by atoms with Gasteiger partial charge in [-0.15, -0.1) is 0 Å². The van der Waals surface area contributed by atoms with Crippen molar-refractivity contribution in [1.82, 2.24) is 0 Å². The molecular weight excluding hydrogens is 458 g/mol. The summed E-state index contributed by atoms with van der Waals surface area (Å²) in [5, 5.41) is 13.7. The number of fused-ring (bicyclic) bond motifs is 1. The smallest absolute Gasteiger partial charge is 0.224 e. The lowest BCUT2D eigenvalue weighted by Gasteiger charge is -2.39. The van der Waals surface area contributed by atoms with Gasteiger partial charge in [-0.3, -0.25) is 4.79 Å². The van der Waals surface area contributed by atoms with E-state index in [0.29, 0.717) is 65.9 Å². The Labute approximate surface area is 182 Å². The van der Waals surface area contributed by atoms with Crippen LogP contribution < -0.4 is 15.0 Å². The molecule has 8 heteroatoms. The fourth-order valence-electron chi connectivity index (χ4n) is 4.02. The van der Waals surface area contributed by atoms with Crippen LogP contribution in [0.15, 0.2) is 28.7 Å². The predicted octanol–water partition coefficient (Wildman–Crippen LogP) is 4.33. The standard InChI is InChI=1S/C22H23BrF2N2O3/c1-13-16(24)11-19(15-3-5-20(28)26-21(13)15)30-12-22(29)6-8-27(9-7-22)18-4-2-14(23)10-17(18)25/h2,4,10-11,29H,3,5-9,12H2,1H3,(H,26,28). The van der Waals surface area contributed by atoms with Crippen molar-refractivity contribution in [3.05, 3.63) is 51.5 Å². The SMILES string of the molecule is Cc1c(F)cc(OCC2(O)CCN(c3ccc(Br)cc3F)CC2)c2c1NC(=O)CC2. The molecule has 160 valence electrons. The third-order valence-corrected chi connectivity index (χ3v) is 6.39. The molecule has 2 heterocycles. The molecule has 0 bridgehead atoms. The first-order valence-corrected chi connectivity index (χ1v) is 10.7. The Bertz CT molecular complexity index is 991. The van der Waals surface area contributed by atoms with Gasteiger partial charge in [0.25, 0.3) is 0 Å². The van der Waals surface area contributed by atoms with Gasteiger partial charge in [-0.1, -0.05) is 15.9 Å². The Kier molecular flexibility index (Phi) is 5.72. The molecule has 0 aromatic heterocycles. The number of benzene rings is 2. The van der Waals surface area contributed by atoms with Crippen molar-refractivity contribution in [1.29, 1.82) is 0 Å². The average molecular weight is 481 g/mol. The van der Waals surface area contributed by atoms with E-state index >= 15 is 0 Å². The lowest BCUT2D eigenvalue weighted by Crippen LogP contribution is -2.48. The van der Waals surface area contributed by atoms with Crippen molar-refractivity contribution in [3.8, 4) is 5.75 Å². The van der Waals surface area contributed by atoms with Gasteiger partial charge < -0.3 is 20.1 Å². The van der Waals surface area contributed by atoms with Gasteiger partial charge in [0.2, 0.25) is 5.91 Å². The number of aliphatic hydroxyl groups is 1. The minimum absolute atomic E-state index is 0.00650. The molecule has 2 aromatic carbocycles. The van der Waals surface area contributed by atoms with Crippen LogP contribution >= 0.6 is 15.9 Å². The zero-order valence-electron chi connectivity index (χ0n) is 16.6. The Balaban J connectivity index is 1.44. The van der Waals surface area contributed by atoms with Crippen LogP contribution in [-0.2, 0) is 11.2 Å². The van der Waals surface area contributed by atoms with E-state index in [2.05, 4.69) is 21.2 Å². The fraction of sp³-hybridized carbons (Fsp3) is 0.409. The van der Waals surface area contributed by atoms with E-state index in [0.717, 1.165) is 5.56 Å². The second kappa shape index (κ2) is 8.15. The second-order valence-electron chi connectivity index (χ2n) is 7.98. The monoisotopic (exact) mass is 480 g/mol. The Morgan fingerprint density at radius 1 is 1.20 bits per heavy atom. The normalized spacial score (nSPS) is 18.0. The highest BCUT2D eigenvalue weighted by atomic mass is 79.9. The molecule has 0 radical (unpaired) electrons. The summed E-state index contributed by atoms with van der Waals surface area (Å²) < 4.78 is 35.1. The molecule has 1 amide bonds. The van der Waals surface area contributed by atoms with Crippen LogP contribution in [0.25, 0.3) is 0 Å². The zero-order chi connectivity index (χ0) is 21.5. The molecule has 4 rings (SSSR count). The molecule has 2 N–H and O–H groups in total. The van der Waals surface area contributed by atoms with E-state index in [-0.39, 0.29) is 18.3 Å². The second-order valence-corrected chi connectivity index (χ2v) is 8.89. The fourth-order valence-corrected chi connectivity index (χ4v) is 4.36. The van der Waals surface area contributed by atoms with Crippen LogP contribution in [0.5, 0.6) is 5.75 Å². The molecular formula is C22H23BrF2N2O3. The van der Waals surface area contributed by atoms with Gasteiger partial charge in [0.1, 0.15) is 29.6 Å². The summed E-state index contributed by atoms with van der Waals surface area (Å²) in [6, 6.07) is 6.25. The van der Waals surface area contributed by atoms with Crippen molar-refractivity contribution in [2.45, 2.75) is 38.2 Å². The van der Waals surface area contributed by atoms with Gasteiger partial charge >= 0.3 is 0 Å². The molecule has 0 saturated carbocycles. The number of anilines is 2. The van der Waals surface area contributed by atoms with Crippen LogP contribution in [0.2, 0.25) is 0 Å². The summed E-state index contributed by atoms with van der Waals surface area (Å²) >= 11 is 3.26. The van der Waals surface area contributed by atoms with E-state index in [4.69, 9.17) is 4.74 Å². The topological polar surface area (TPSA) is 61.8 Å². The molecule has 0 spiro atoms. The van der Waals surface area contributed by atoms with Crippen molar-refractivity contribution >= 4 is 33.2 Å². The Hall–Kier alpha value is -2.19. The van der Waals surface area contributed by atoms with Crippen LogP contribution in [-0.4, -0.2) is 36.3 Å². The van der Waals surface area contributed by atoms with Gasteiger partial charge in [-0.05, 0) is 44.4 Å². The molecule has 1 saturated heterocycles. The number of rotatable bonds is 4. The molecule has 2 aromatic rings. The maximum Gasteiger partial charge on any atom is 0.224 e. The van der Waals surface area contributed by atoms with Gasteiger partial charge in [0.15, 0.2) is 0 Å². The van der Waals surface area contributed by atoms with Crippen LogP contribution in [0.1, 0.15) is 30.4 Å². The Morgan fingerprint density at radius 3 is 2.63 bits per heavy atom. The number of hydrogen-bond donors (Lipinski definition) is 2. The van der Waals surface area contributed by atoms with E-state index in [1.807, 2.05) is 4.90 Å². The summed E-state index contributed by atoms with van der Waals surface area (Å²) in [5.41, 5.74) is 1.02. The van der Waals surface area contributed by atoms with E-state index in [9.17, 15) is 18.7 Å². The number of carbonyl (C=O) groups is 1. The van der Waals surface area contributed by atoms with Crippen LogP contribution in [0.3, 0.4) is 0 Å². The van der Waals surface area contributed by atoms with Crippen LogP contribution in [0, 0.1) is 18.6 Å². The largest absolute Gasteiger partial charge is 0.490 e. The zero-order valence-corrected chi connectivity index (χ0v) is 18.2. The molecule has 0 atom stereocenters. The minimum atomic E-state index is -1.09. The number of ether oxygens (including phenoxy) is 1. The Morgan fingerprint density at radius 2 is 1.93 bits per heavy atom. The lowest BCUT2D eigenvalue weighted by molar-refractivity contribution is -0.116. The van der Waals surface area contributed by atoms with Crippen molar-refractivity contribution in [2.75, 3.05) is 29.9 Å². The van der Waals surface area contributed by atoms with Gasteiger partial charge in [-0.2, -0.15) is 0 Å². The predicted molar refractivity (Wildman–Crippen MR) is 114 cm³/mol. The summed E-state index contributed by atoms with van der Waals surface area (Å²) in [7, 11) is 0. The molecule has 0 aliphatic carbocycles. The van der Waals surface area contributed by atoms with Gasteiger partial charge in [0.05, 0.1) is 11.4 Å². The molecule has 0 unspecified atom stereocenters. The summed E-state index contributed by atoms with van der Waals surface area (Å²) in [6.07, 6.45) is 1.57. The number of amides is 1. The first-order valence-electron chi connectivity index (χ1n) is 9.93. The summed E-state index contributed by atoms with van der Waals surface area (Å²) in [4.78, 5) is 13.6. The summed E-state index contributed by atoms with van der Waals surface area (Å²) in [6.45, 7) is 2.59. The quantitative estimate of drug-likeness (QED) is 0.683. The molecule has 1 fully saturated rings. The van der Waals surface area contributed by atoms with Gasteiger partial charge in [0, 0.05) is 41.2 Å². The maximum absolute atomic E-state index is 14.3. The molecule has 2 aliphatic rings. The first-order chi connectivity index (χ1) is 14.3. The third kappa shape index (κ3) is 4.16. The van der Waals surface area contributed by atoms with Crippen molar-refractivity contribution in [3.63, 3.8) is 0 Å². The number of hydrogen-bond acceptors (Lipinski definition) is 4. The molecule has 30 heavy (non-hydrogen) atoms. The third-order valence-electron chi connectivity index (χ3n) is 5.90. The van der Waals surface area contributed by atoms with Crippen molar-refractivity contribution in [2.24, 2.45) is 0 Å². The summed E-state index contributed by atoms with van der Waals surface area (Å²) in [5.74, 6) is -0.565. The van der Waals surface area contributed by atoms with Crippen LogP contribution in [0.4, 0.5) is 20.2 Å². The average Bonchev–Trinajstić information content (AvgIpc) is 2.71. The van der Waals surface area contributed by atoms with E-state index in [1.165, 1.54) is 12.1 Å². The molecule has 2 aliphatic heterocycles. The highest BCUT2D eigenvalue weighted by Crippen LogP contribution is 2.37. The number of nitrogens with zero attached hydrogens (tertiary/aromatic N) is 1. The highest BCUT2D eigenvalue weighted by molar-refractivity contribution is 9.10. The van der Waals surface area contributed by atoms with E-state index < -0.39 is 11.4 Å². The van der Waals surface area contributed by atoms with E-state index in [1.54, 1.807) is 19.1 Å². The first kappa shape index (κ1) is 21.1. The molecule has 5 nitrogen and oxygen atoms in total. The number of piperidine rings is 1. The number of carbonyl (C=O) groups excluding carboxylic acids is 1. The highest BCUT2D eigenvalue weighted by Gasteiger charge is 2.34. The number of nitrogens with one attached hydrogen (secondary N) is 1.